The van der Waals surface area contributed by atoms with Gasteiger partial charge in [-0.2, -0.15) is 13.2 Å². The molecule has 0 aromatic heterocycles. The van der Waals surface area contributed by atoms with Gasteiger partial charge in [-0.3, -0.25) is 4.79 Å². The largest absolute Gasteiger partial charge is 0.391 e. The number of halogens is 3. The van der Waals surface area contributed by atoms with E-state index in [2.05, 4.69) is 12.2 Å². The fourth-order valence-corrected chi connectivity index (χ4v) is 3.38. The maximum atomic E-state index is 12.7. The van der Waals surface area contributed by atoms with E-state index >= 15 is 0 Å². The summed E-state index contributed by atoms with van der Waals surface area (Å²) in [5.41, 5.74) is 0. The predicted octanol–water partition coefficient (Wildman–Crippen LogP) is 3.66. The molecule has 0 aromatic carbocycles. The molecule has 0 spiro atoms. The Morgan fingerprint density at radius 3 is 2.42 bits per heavy atom. The monoisotopic (exact) mass is 277 g/mol. The van der Waals surface area contributed by atoms with Crippen LogP contribution in [0.3, 0.4) is 0 Å². The summed E-state index contributed by atoms with van der Waals surface area (Å²) in [5, 5.41) is 2.94. The van der Waals surface area contributed by atoms with Crippen LogP contribution in [0.5, 0.6) is 0 Å². The van der Waals surface area contributed by atoms with Crippen LogP contribution in [0.25, 0.3) is 0 Å². The first-order chi connectivity index (χ1) is 8.86. The molecule has 110 valence electrons. The lowest BCUT2D eigenvalue weighted by Crippen LogP contribution is -2.41. The average Bonchev–Trinajstić information content (AvgIpc) is 2.74. The van der Waals surface area contributed by atoms with E-state index in [1.165, 1.54) is 0 Å². The number of carbonyl (C=O) groups excluding carboxylic acids is 1. The number of rotatable bonds is 2. The lowest BCUT2D eigenvalue weighted by molar-refractivity contribution is -0.186. The zero-order valence-corrected chi connectivity index (χ0v) is 11.3. The van der Waals surface area contributed by atoms with Crippen molar-refractivity contribution in [1.29, 1.82) is 0 Å². The fourth-order valence-electron chi connectivity index (χ4n) is 3.38. The minimum Gasteiger partial charge on any atom is -0.353 e. The highest BCUT2D eigenvalue weighted by molar-refractivity contribution is 5.79. The molecule has 2 nitrogen and oxygen atoms in total. The summed E-state index contributed by atoms with van der Waals surface area (Å²) in [6.07, 6.45) is 0.112. The smallest absolute Gasteiger partial charge is 0.353 e. The number of nitrogens with one attached hydrogen (secondary N) is 1. The van der Waals surface area contributed by atoms with Crippen LogP contribution in [-0.2, 0) is 4.79 Å². The standard InChI is InChI=1S/C14H22F3NO/c1-9-5-6-12(7-9)18-13(19)10-3-2-4-11(8-10)14(15,16)17/h9-12H,2-8H2,1H3,(H,18,19). The molecule has 0 aliphatic heterocycles. The zero-order chi connectivity index (χ0) is 14.0. The predicted molar refractivity (Wildman–Crippen MR) is 66.4 cm³/mol. The summed E-state index contributed by atoms with van der Waals surface area (Å²) in [6, 6.07) is 0.175. The Bertz CT molecular complexity index is 329. The van der Waals surface area contributed by atoms with Crippen molar-refractivity contribution >= 4 is 5.91 Å². The van der Waals surface area contributed by atoms with Gasteiger partial charge >= 0.3 is 6.18 Å². The van der Waals surface area contributed by atoms with E-state index < -0.39 is 18.0 Å². The average molecular weight is 277 g/mol. The minimum atomic E-state index is -4.15. The van der Waals surface area contributed by atoms with Gasteiger partial charge in [0.25, 0.3) is 0 Å². The maximum Gasteiger partial charge on any atom is 0.391 e. The van der Waals surface area contributed by atoms with Gasteiger partial charge in [-0.1, -0.05) is 13.3 Å². The second-order valence-electron chi connectivity index (χ2n) is 6.23. The second kappa shape index (κ2) is 5.71. The Morgan fingerprint density at radius 2 is 1.84 bits per heavy atom. The highest BCUT2D eigenvalue weighted by Gasteiger charge is 2.43. The first-order valence-electron chi connectivity index (χ1n) is 7.23. The summed E-state index contributed by atoms with van der Waals surface area (Å²) in [5.74, 6) is -1.29. The van der Waals surface area contributed by atoms with Crippen molar-refractivity contribution in [1.82, 2.24) is 5.32 Å². The molecule has 4 unspecified atom stereocenters. The molecule has 2 rings (SSSR count). The molecule has 5 heteroatoms. The van der Waals surface area contributed by atoms with Gasteiger partial charge in [0.15, 0.2) is 0 Å². The van der Waals surface area contributed by atoms with Gasteiger partial charge in [-0.25, -0.2) is 0 Å². The molecule has 19 heavy (non-hydrogen) atoms. The van der Waals surface area contributed by atoms with Gasteiger partial charge in [-0.05, 0) is 44.4 Å². The third-order valence-electron chi connectivity index (χ3n) is 4.55. The number of hydrogen-bond acceptors (Lipinski definition) is 1. The first kappa shape index (κ1) is 14.7. The molecular formula is C14H22F3NO. The number of amides is 1. The zero-order valence-electron chi connectivity index (χ0n) is 11.3. The van der Waals surface area contributed by atoms with Crippen molar-refractivity contribution < 1.29 is 18.0 Å². The van der Waals surface area contributed by atoms with Crippen LogP contribution in [0.2, 0.25) is 0 Å². The van der Waals surface area contributed by atoms with Crippen molar-refractivity contribution in [2.45, 2.75) is 64.1 Å². The van der Waals surface area contributed by atoms with Crippen LogP contribution in [0, 0.1) is 17.8 Å². The van der Waals surface area contributed by atoms with Crippen LogP contribution in [0.4, 0.5) is 13.2 Å². The minimum absolute atomic E-state index is 0.0302. The number of alkyl halides is 3. The second-order valence-corrected chi connectivity index (χ2v) is 6.23. The van der Waals surface area contributed by atoms with E-state index in [0.29, 0.717) is 18.8 Å². The summed E-state index contributed by atoms with van der Waals surface area (Å²) in [6.45, 7) is 2.15. The summed E-state index contributed by atoms with van der Waals surface area (Å²) in [7, 11) is 0. The molecule has 1 amide bonds. The lowest BCUT2D eigenvalue weighted by Gasteiger charge is -2.30. The molecule has 2 aliphatic carbocycles. The Balaban J connectivity index is 1.85. The molecule has 1 N–H and O–H groups in total. The van der Waals surface area contributed by atoms with E-state index in [1.807, 2.05) is 0 Å². The molecule has 2 saturated carbocycles. The van der Waals surface area contributed by atoms with Gasteiger partial charge in [0.05, 0.1) is 5.92 Å². The summed E-state index contributed by atoms with van der Waals surface area (Å²) >= 11 is 0. The molecule has 4 atom stereocenters. The van der Waals surface area contributed by atoms with Gasteiger partial charge in [0.2, 0.25) is 5.91 Å². The topological polar surface area (TPSA) is 29.1 Å². The van der Waals surface area contributed by atoms with Crippen molar-refractivity contribution in [2.24, 2.45) is 17.8 Å². The normalized spacial score (nSPS) is 36.2. The number of hydrogen-bond donors (Lipinski definition) is 1. The third-order valence-corrected chi connectivity index (χ3v) is 4.55. The molecule has 0 radical (unpaired) electrons. The Hall–Kier alpha value is -0.740. The van der Waals surface area contributed by atoms with Crippen LogP contribution in [0.15, 0.2) is 0 Å². The Kier molecular flexibility index (Phi) is 4.41. The third kappa shape index (κ3) is 3.86. The van der Waals surface area contributed by atoms with Gasteiger partial charge in [0, 0.05) is 12.0 Å². The van der Waals surface area contributed by atoms with Crippen molar-refractivity contribution in [2.75, 3.05) is 0 Å². The summed E-state index contributed by atoms with van der Waals surface area (Å²) < 4.78 is 38.1. The van der Waals surface area contributed by atoms with Crippen LogP contribution < -0.4 is 5.32 Å². The van der Waals surface area contributed by atoms with Crippen molar-refractivity contribution in [3.8, 4) is 0 Å². The van der Waals surface area contributed by atoms with Crippen molar-refractivity contribution in [3.05, 3.63) is 0 Å². The molecule has 0 saturated heterocycles. The van der Waals surface area contributed by atoms with Gasteiger partial charge in [0.1, 0.15) is 0 Å². The molecule has 2 fully saturated rings. The highest BCUT2D eigenvalue weighted by Crippen LogP contribution is 2.40. The molecule has 0 aromatic rings. The van der Waals surface area contributed by atoms with Gasteiger partial charge in [-0.15, -0.1) is 0 Å². The fraction of sp³-hybridized carbons (Fsp3) is 0.929. The van der Waals surface area contributed by atoms with Gasteiger partial charge < -0.3 is 5.32 Å². The quantitative estimate of drug-likeness (QED) is 0.820. The number of carbonyl (C=O) groups is 1. The van der Waals surface area contributed by atoms with Crippen LogP contribution in [-0.4, -0.2) is 18.1 Å². The molecular weight excluding hydrogens is 255 g/mol. The van der Waals surface area contributed by atoms with E-state index in [0.717, 1.165) is 19.3 Å². The first-order valence-corrected chi connectivity index (χ1v) is 7.23. The van der Waals surface area contributed by atoms with E-state index in [1.54, 1.807) is 0 Å². The maximum absolute atomic E-state index is 12.7. The Labute approximate surface area is 112 Å². The van der Waals surface area contributed by atoms with Crippen LogP contribution >= 0.6 is 0 Å². The SMILES string of the molecule is CC1CCC(NC(=O)C2CCCC(C(F)(F)F)C2)C1. The molecule has 0 heterocycles. The molecule has 2 aliphatic rings. The van der Waals surface area contributed by atoms with Crippen molar-refractivity contribution in [3.63, 3.8) is 0 Å². The summed E-state index contributed by atoms with van der Waals surface area (Å²) in [4.78, 5) is 12.1. The van der Waals surface area contributed by atoms with Crippen LogP contribution in [0.1, 0.15) is 51.9 Å². The Morgan fingerprint density at radius 1 is 1.11 bits per heavy atom. The van der Waals surface area contributed by atoms with E-state index in [9.17, 15) is 18.0 Å². The lowest BCUT2D eigenvalue weighted by atomic mass is 9.80. The van der Waals surface area contributed by atoms with E-state index in [4.69, 9.17) is 0 Å². The van der Waals surface area contributed by atoms with E-state index in [-0.39, 0.29) is 24.8 Å². The molecule has 0 bridgehead atoms. The highest BCUT2D eigenvalue weighted by atomic mass is 19.4.